The van der Waals surface area contributed by atoms with Crippen LogP contribution in [0.25, 0.3) is 16.7 Å². The smallest absolute Gasteiger partial charge is 0.263 e. The fourth-order valence-electron chi connectivity index (χ4n) is 3.22. The minimum atomic E-state index is -3.80. The van der Waals surface area contributed by atoms with Crippen LogP contribution in [0.5, 0.6) is 0 Å². The van der Waals surface area contributed by atoms with E-state index in [1.807, 2.05) is 24.3 Å². The maximum atomic E-state index is 13.0. The van der Waals surface area contributed by atoms with Gasteiger partial charge in [-0.3, -0.25) is 9.71 Å². The van der Waals surface area contributed by atoms with Crippen LogP contribution in [0.4, 0.5) is 5.82 Å². The summed E-state index contributed by atoms with van der Waals surface area (Å²) >= 11 is 0. The van der Waals surface area contributed by atoms with Crippen molar-refractivity contribution < 1.29 is 8.42 Å². The Morgan fingerprint density at radius 1 is 0.967 bits per heavy atom. The van der Waals surface area contributed by atoms with Crippen molar-refractivity contribution in [2.24, 2.45) is 0 Å². The van der Waals surface area contributed by atoms with Gasteiger partial charge in [0.15, 0.2) is 5.82 Å². The normalized spacial score (nSPS) is 12.3. The van der Waals surface area contributed by atoms with Crippen LogP contribution < -0.4 is 4.72 Å². The van der Waals surface area contributed by atoms with Crippen molar-refractivity contribution in [2.45, 2.75) is 38.0 Å². The highest BCUT2D eigenvalue weighted by molar-refractivity contribution is 7.92. The molecule has 0 aliphatic carbocycles. The van der Waals surface area contributed by atoms with E-state index in [2.05, 4.69) is 40.6 Å². The Hall–Kier alpha value is -3.26. The van der Waals surface area contributed by atoms with Gasteiger partial charge in [0.25, 0.3) is 10.0 Å². The number of aryl methyl sites for hydroxylation is 1. The maximum absolute atomic E-state index is 13.0. The molecule has 0 saturated heterocycles. The summed E-state index contributed by atoms with van der Waals surface area (Å²) in [7, 11) is -3.80. The minimum Gasteiger partial charge on any atom is -0.263 e. The van der Waals surface area contributed by atoms with Gasteiger partial charge in [0.1, 0.15) is 5.82 Å². The van der Waals surface area contributed by atoms with Gasteiger partial charge in [0.05, 0.1) is 16.1 Å². The minimum absolute atomic E-state index is 0.0560. The molecule has 0 fully saturated rings. The van der Waals surface area contributed by atoms with E-state index in [1.165, 1.54) is 4.68 Å². The monoisotopic (exact) mass is 421 g/mol. The largest absolute Gasteiger partial charge is 0.263 e. The molecule has 0 unspecified atom stereocenters. The lowest BCUT2D eigenvalue weighted by Gasteiger charge is -2.19. The van der Waals surface area contributed by atoms with Crippen LogP contribution >= 0.6 is 0 Å². The molecule has 3 heterocycles. The van der Waals surface area contributed by atoms with E-state index in [4.69, 9.17) is 0 Å². The number of nitrogens with one attached hydrogen (secondary N) is 1. The van der Waals surface area contributed by atoms with Crippen molar-refractivity contribution >= 4 is 26.7 Å². The van der Waals surface area contributed by atoms with E-state index in [9.17, 15) is 8.42 Å². The SMILES string of the molecule is Cc1cc(NS(=O)(=O)c2ccc(C(C)(C)C)cc2)n(-c2nccc3ncccc23)n1. The molecule has 4 aromatic rings. The molecule has 154 valence electrons. The summed E-state index contributed by atoms with van der Waals surface area (Å²) in [6.45, 7) is 8.06. The highest BCUT2D eigenvalue weighted by Crippen LogP contribution is 2.26. The molecule has 0 bridgehead atoms. The van der Waals surface area contributed by atoms with Crippen molar-refractivity contribution in [3.63, 3.8) is 0 Å². The third-order valence-corrected chi connectivity index (χ3v) is 6.18. The molecule has 30 heavy (non-hydrogen) atoms. The van der Waals surface area contributed by atoms with E-state index >= 15 is 0 Å². The highest BCUT2D eigenvalue weighted by atomic mass is 32.2. The molecule has 1 N–H and O–H groups in total. The summed E-state index contributed by atoms with van der Waals surface area (Å²) in [4.78, 5) is 8.94. The Kier molecular flexibility index (Phi) is 4.82. The molecule has 0 saturated carbocycles. The first-order chi connectivity index (χ1) is 14.1. The Labute approximate surface area is 175 Å². The fraction of sp³-hybridized carbons (Fsp3) is 0.227. The second kappa shape index (κ2) is 7.21. The number of sulfonamides is 1. The Balaban J connectivity index is 1.74. The number of anilines is 1. The van der Waals surface area contributed by atoms with Gasteiger partial charge in [0.2, 0.25) is 0 Å². The van der Waals surface area contributed by atoms with Gasteiger partial charge in [-0.2, -0.15) is 9.78 Å². The second-order valence-corrected chi connectivity index (χ2v) is 9.85. The molecule has 0 radical (unpaired) electrons. The predicted octanol–water partition coefficient (Wildman–Crippen LogP) is 4.22. The topological polar surface area (TPSA) is 89.8 Å². The molecule has 3 aromatic heterocycles. The lowest BCUT2D eigenvalue weighted by Crippen LogP contribution is -2.17. The quantitative estimate of drug-likeness (QED) is 0.533. The standard InChI is InChI=1S/C22H23N5O2S/c1-15-14-20(26-30(28,29)17-9-7-16(8-10-17)22(2,3)4)27(25-15)21-18-6-5-12-23-19(18)11-13-24-21/h5-14,26H,1-4H3. The second-order valence-electron chi connectivity index (χ2n) is 8.17. The van der Waals surface area contributed by atoms with Crippen molar-refractivity contribution in [1.29, 1.82) is 0 Å². The first-order valence-corrected chi connectivity index (χ1v) is 11.0. The molecule has 1 aromatic carbocycles. The third-order valence-electron chi connectivity index (χ3n) is 4.81. The van der Waals surface area contributed by atoms with Gasteiger partial charge in [0, 0.05) is 23.8 Å². The number of nitrogens with zero attached hydrogens (tertiary/aromatic N) is 4. The maximum Gasteiger partial charge on any atom is 0.263 e. The van der Waals surface area contributed by atoms with Gasteiger partial charge >= 0.3 is 0 Å². The van der Waals surface area contributed by atoms with Gasteiger partial charge in [-0.15, -0.1) is 0 Å². The third kappa shape index (κ3) is 3.78. The van der Waals surface area contributed by atoms with Gasteiger partial charge in [-0.05, 0) is 48.2 Å². The lowest BCUT2D eigenvalue weighted by molar-refractivity contribution is 0.587. The van der Waals surface area contributed by atoms with Crippen LogP contribution in [0.15, 0.2) is 65.8 Å². The number of benzene rings is 1. The molecular weight excluding hydrogens is 398 g/mol. The van der Waals surface area contributed by atoms with E-state index in [0.29, 0.717) is 17.3 Å². The average Bonchev–Trinajstić information content (AvgIpc) is 3.06. The summed E-state index contributed by atoms with van der Waals surface area (Å²) in [5.74, 6) is 0.825. The van der Waals surface area contributed by atoms with Gasteiger partial charge in [-0.25, -0.2) is 13.4 Å². The number of hydrogen-bond donors (Lipinski definition) is 1. The van der Waals surface area contributed by atoms with E-state index in [0.717, 1.165) is 16.5 Å². The summed E-state index contributed by atoms with van der Waals surface area (Å²) in [6.07, 6.45) is 3.33. The molecule has 0 atom stereocenters. The fourth-order valence-corrected chi connectivity index (χ4v) is 4.25. The summed E-state index contributed by atoms with van der Waals surface area (Å²) < 4.78 is 30.2. The van der Waals surface area contributed by atoms with Crippen molar-refractivity contribution in [1.82, 2.24) is 19.7 Å². The molecule has 0 amide bonds. The number of fused-ring (bicyclic) bond motifs is 1. The van der Waals surface area contributed by atoms with Crippen LogP contribution in [0.3, 0.4) is 0 Å². The Morgan fingerprint density at radius 2 is 1.70 bits per heavy atom. The van der Waals surface area contributed by atoms with Crippen LogP contribution in [0.2, 0.25) is 0 Å². The number of hydrogen-bond acceptors (Lipinski definition) is 5. The summed E-state index contributed by atoms with van der Waals surface area (Å²) in [6, 6.07) is 14.1. The molecule has 0 aliphatic rings. The van der Waals surface area contributed by atoms with Crippen LogP contribution in [-0.4, -0.2) is 28.2 Å². The zero-order chi connectivity index (χ0) is 21.5. The predicted molar refractivity (Wildman–Crippen MR) is 117 cm³/mol. The number of pyridine rings is 2. The molecule has 8 heteroatoms. The van der Waals surface area contributed by atoms with Crippen LogP contribution in [0, 0.1) is 6.92 Å². The molecule has 0 spiro atoms. The van der Waals surface area contributed by atoms with Crippen LogP contribution in [-0.2, 0) is 15.4 Å². The Bertz CT molecular complexity index is 1310. The average molecular weight is 422 g/mol. The number of aromatic nitrogens is 4. The van der Waals surface area contributed by atoms with Crippen molar-refractivity contribution in [2.75, 3.05) is 4.72 Å². The highest BCUT2D eigenvalue weighted by Gasteiger charge is 2.21. The summed E-state index contributed by atoms with van der Waals surface area (Å²) in [5, 5.41) is 5.23. The zero-order valence-electron chi connectivity index (χ0n) is 17.3. The summed E-state index contributed by atoms with van der Waals surface area (Å²) in [5.41, 5.74) is 2.43. The molecule has 4 rings (SSSR count). The van der Waals surface area contributed by atoms with Gasteiger partial charge in [-0.1, -0.05) is 32.9 Å². The first-order valence-electron chi connectivity index (χ1n) is 9.55. The van der Waals surface area contributed by atoms with E-state index in [1.54, 1.807) is 43.6 Å². The van der Waals surface area contributed by atoms with E-state index in [-0.39, 0.29) is 10.3 Å². The number of rotatable bonds is 4. The molecule has 0 aliphatic heterocycles. The molecule has 7 nitrogen and oxygen atoms in total. The van der Waals surface area contributed by atoms with Crippen molar-refractivity contribution in [3.8, 4) is 5.82 Å². The van der Waals surface area contributed by atoms with E-state index < -0.39 is 10.0 Å². The lowest BCUT2D eigenvalue weighted by atomic mass is 9.87. The molecular formula is C22H23N5O2S. The first kappa shape index (κ1) is 20.0. The zero-order valence-corrected chi connectivity index (χ0v) is 18.1. The van der Waals surface area contributed by atoms with Crippen LogP contribution in [0.1, 0.15) is 32.0 Å². The van der Waals surface area contributed by atoms with Crippen molar-refractivity contribution in [3.05, 3.63) is 72.2 Å². The Morgan fingerprint density at radius 3 is 2.40 bits per heavy atom. The van der Waals surface area contributed by atoms with Gasteiger partial charge < -0.3 is 0 Å².